The Morgan fingerprint density at radius 2 is 1.89 bits per heavy atom. The molecule has 0 radical (unpaired) electrons. The molecular formula is C13H11BrF3NO. The molecule has 1 heterocycles. The van der Waals surface area contributed by atoms with E-state index < -0.39 is 17.8 Å². The van der Waals surface area contributed by atoms with Gasteiger partial charge in [0.05, 0.1) is 22.3 Å². The maximum atomic E-state index is 13.0. The minimum Gasteiger partial charge on any atom is -0.466 e. The van der Waals surface area contributed by atoms with Gasteiger partial charge in [0.15, 0.2) is 0 Å². The van der Waals surface area contributed by atoms with Crippen LogP contribution in [-0.4, -0.2) is 7.05 Å². The molecule has 0 bridgehead atoms. The maximum Gasteiger partial charge on any atom is 0.416 e. The van der Waals surface area contributed by atoms with Crippen LogP contribution in [0, 0.1) is 0 Å². The predicted molar refractivity (Wildman–Crippen MR) is 68.8 cm³/mol. The Balaban J connectivity index is 2.54. The molecule has 1 N–H and O–H groups in total. The van der Waals surface area contributed by atoms with Crippen molar-refractivity contribution in [2.24, 2.45) is 0 Å². The molecule has 1 unspecified atom stereocenters. The molecule has 6 heteroatoms. The van der Waals surface area contributed by atoms with Crippen molar-refractivity contribution in [3.05, 3.63) is 58.0 Å². The number of hydrogen-bond acceptors (Lipinski definition) is 2. The molecular weight excluding hydrogens is 323 g/mol. The minimum absolute atomic E-state index is 0.133. The fourth-order valence-electron chi connectivity index (χ4n) is 1.95. The van der Waals surface area contributed by atoms with E-state index in [-0.39, 0.29) is 5.56 Å². The fourth-order valence-corrected chi connectivity index (χ4v) is 2.38. The van der Waals surface area contributed by atoms with Crippen LogP contribution in [0.3, 0.4) is 0 Å². The van der Waals surface area contributed by atoms with Crippen LogP contribution in [0.1, 0.15) is 22.9 Å². The molecule has 0 saturated heterocycles. The predicted octanol–water partition coefficient (Wildman–Crippen LogP) is 4.37. The normalized spacial score (nSPS) is 13.5. The molecule has 0 amide bonds. The van der Waals surface area contributed by atoms with Crippen molar-refractivity contribution in [3.63, 3.8) is 0 Å². The van der Waals surface area contributed by atoms with Crippen molar-refractivity contribution < 1.29 is 17.6 Å². The average molecular weight is 334 g/mol. The van der Waals surface area contributed by atoms with E-state index in [4.69, 9.17) is 4.42 Å². The molecule has 1 aromatic carbocycles. The Morgan fingerprint density at radius 3 is 2.42 bits per heavy atom. The molecule has 0 spiro atoms. The summed E-state index contributed by atoms with van der Waals surface area (Å²) in [6.45, 7) is 0. The fraction of sp³-hybridized carbons (Fsp3) is 0.231. The number of furan rings is 1. The third kappa shape index (κ3) is 2.84. The van der Waals surface area contributed by atoms with E-state index in [0.29, 0.717) is 10.2 Å². The Morgan fingerprint density at radius 1 is 1.21 bits per heavy atom. The topological polar surface area (TPSA) is 25.2 Å². The highest BCUT2D eigenvalue weighted by Gasteiger charge is 2.35. The van der Waals surface area contributed by atoms with E-state index in [1.807, 2.05) is 0 Å². The summed E-state index contributed by atoms with van der Waals surface area (Å²) in [6, 6.07) is 6.44. The summed E-state index contributed by atoms with van der Waals surface area (Å²) in [5.74, 6) is 0.416. The monoisotopic (exact) mass is 333 g/mol. The Bertz CT molecular complexity index is 565. The van der Waals surface area contributed by atoms with Crippen LogP contribution in [0.15, 0.2) is 45.5 Å². The lowest BCUT2D eigenvalue weighted by molar-refractivity contribution is -0.138. The van der Waals surface area contributed by atoms with E-state index in [1.165, 1.54) is 18.4 Å². The molecule has 0 fully saturated rings. The van der Waals surface area contributed by atoms with Crippen LogP contribution in [0.4, 0.5) is 13.2 Å². The van der Waals surface area contributed by atoms with Gasteiger partial charge in [0.25, 0.3) is 0 Å². The van der Waals surface area contributed by atoms with E-state index in [2.05, 4.69) is 21.2 Å². The highest BCUT2D eigenvalue weighted by atomic mass is 79.9. The summed E-state index contributed by atoms with van der Waals surface area (Å²) in [5.41, 5.74) is -0.536. The molecule has 2 aromatic rings. The van der Waals surface area contributed by atoms with Gasteiger partial charge in [0.2, 0.25) is 0 Å². The number of nitrogens with one attached hydrogen (secondary N) is 1. The summed E-state index contributed by atoms with van der Waals surface area (Å²) in [6.07, 6.45) is -2.97. The Hall–Kier alpha value is -1.27. The summed E-state index contributed by atoms with van der Waals surface area (Å²) in [4.78, 5) is 0. The minimum atomic E-state index is -4.40. The molecule has 0 aliphatic heterocycles. The smallest absolute Gasteiger partial charge is 0.416 e. The van der Waals surface area contributed by atoms with Crippen LogP contribution in [-0.2, 0) is 6.18 Å². The number of halogens is 4. The second-order valence-electron chi connectivity index (χ2n) is 3.94. The first kappa shape index (κ1) is 14.1. The number of alkyl halides is 3. The van der Waals surface area contributed by atoms with Crippen molar-refractivity contribution in [2.45, 2.75) is 12.2 Å². The average Bonchev–Trinajstić information content (AvgIpc) is 2.76. The zero-order valence-corrected chi connectivity index (χ0v) is 11.5. The van der Waals surface area contributed by atoms with E-state index in [0.717, 1.165) is 6.07 Å². The molecule has 2 rings (SSSR count). The zero-order valence-electron chi connectivity index (χ0n) is 9.96. The van der Waals surface area contributed by atoms with Crippen LogP contribution < -0.4 is 5.32 Å². The van der Waals surface area contributed by atoms with Gasteiger partial charge in [-0.1, -0.05) is 18.2 Å². The lowest BCUT2D eigenvalue weighted by atomic mass is 9.98. The third-order valence-corrected chi connectivity index (χ3v) is 3.43. The molecule has 19 heavy (non-hydrogen) atoms. The Kier molecular flexibility index (Phi) is 4.01. The van der Waals surface area contributed by atoms with Crippen LogP contribution in [0.25, 0.3) is 0 Å². The van der Waals surface area contributed by atoms with Gasteiger partial charge < -0.3 is 9.73 Å². The summed E-state index contributed by atoms with van der Waals surface area (Å²) >= 11 is 3.27. The SMILES string of the molecule is CNC(c1ccccc1C(F)(F)F)c1occc1Br. The van der Waals surface area contributed by atoms with Gasteiger partial charge in [0.1, 0.15) is 5.76 Å². The summed E-state index contributed by atoms with van der Waals surface area (Å²) in [7, 11) is 1.59. The van der Waals surface area contributed by atoms with Gasteiger partial charge in [-0.2, -0.15) is 13.2 Å². The van der Waals surface area contributed by atoms with Crippen molar-refractivity contribution in [2.75, 3.05) is 7.05 Å². The second kappa shape index (κ2) is 5.38. The summed E-state index contributed by atoms with van der Waals surface area (Å²) < 4.78 is 44.9. The molecule has 2 nitrogen and oxygen atoms in total. The van der Waals surface area contributed by atoms with Crippen molar-refractivity contribution in [3.8, 4) is 0 Å². The summed E-state index contributed by atoms with van der Waals surface area (Å²) in [5, 5.41) is 2.85. The van der Waals surface area contributed by atoms with Gasteiger partial charge >= 0.3 is 6.18 Å². The third-order valence-electron chi connectivity index (χ3n) is 2.77. The van der Waals surface area contributed by atoms with E-state index in [1.54, 1.807) is 19.2 Å². The van der Waals surface area contributed by atoms with E-state index >= 15 is 0 Å². The largest absolute Gasteiger partial charge is 0.466 e. The quantitative estimate of drug-likeness (QED) is 0.902. The highest BCUT2D eigenvalue weighted by Crippen LogP contribution is 2.38. The van der Waals surface area contributed by atoms with Crippen LogP contribution >= 0.6 is 15.9 Å². The van der Waals surface area contributed by atoms with Gasteiger partial charge in [-0.25, -0.2) is 0 Å². The zero-order chi connectivity index (χ0) is 14.0. The first-order valence-corrected chi connectivity index (χ1v) is 6.30. The first-order valence-electron chi connectivity index (χ1n) is 5.51. The molecule has 0 aliphatic rings. The van der Waals surface area contributed by atoms with Crippen molar-refractivity contribution in [1.82, 2.24) is 5.32 Å². The molecule has 0 aliphatic carbocycles. The van der Waals surface area contributed by atoms with Crippen molar-refractivity contribution >= 4 is 15.9 Å². The second-order valence-corrected chi connectivity index (χ2v) is 4.79. The highest BCUT2D eigenvalue weighted by molar-refractivity contribution is 9.10. The Labute approximate surface area is 116 Å². The lowest BCUT2D eigenvalue weighted by Crippen LogP contribution is -2.21. The molecule has 0 saturated carbocycles. The molecule has 1 aromatic heterocycles. The molecule has 102 valence electrons. The van der Waals surface area contributed by atoms with Gasteiger partial charge in [-0.3, -0.25) is 0 Å². The number of hydrogen-bond donors (Lipinski definition) is 1. The van der Waals surface area contributed by atoms with Crippen LogP contribution in [0.5, 0.6) is 0 Å². The van der Waals surface area contributed by atoms with Gasteiger partial charge in [0, 0.05) is 0 Å². The van der Waals surface area contributed by atoms with Gasteiger partial charge in [-0.15, -0.1) is 0 Å². The van der Waals surface area contributed by atoms with Gasteiger partial charge in [-0.05, 0) is 40.7 Å². The van der Waals surface area contributed by atoms with Crippen molar-refractivity contribution in [1.29, 1.82) is 0 Å². The van der Waals surface area contributed by atoms with E-state index in [9.17, 15) is 13.2 Å². The van der Waals surface area contributed by atoms with Crippen LogP contribution in [0.2, 0.25) is 0 Å². The first-order chi connectivity index (χ1) is 8.95. The maximum absolute atomic E-state index is 13.0. The number of benzene rings is 1. The number of rotatable bonds is 3. The standard InChI is InChI=1S/C13H11BrF3NO/c1-18-11(12-10(14)6-7-19-12)8-4-2-3-5-9(8)13(15,16)17/h2-7,11,18H,1H3. The molecule has 1 atom stereocenters. The lowest BCUT2D eigenvalue weighted by Gasteiger charge is -2.20.